The van der Waals surface area contributed by atoms with Crippen molar-refractivity contribution in [3.8, 4) is 0 Å². The summed E-state index contributed by atoms with van der Waals surface area (Å²) < 4.78 is 5.35. The molecule has 0 aliphatic heterocycles. The first-order chi connectivity index (χ1) is 11.0. The number of ether oxygens (including phenoxy) is 1. The van der Waals surface area contributed by atoms with E-state index in [0.717, 1.165) is 11.0 Å². The van der Waals surface area contributed by atoms with Crippen LogP contribution in [0.4, 0.5) is 5.69 Å². The zero-order chi connectivity index (χ0) is 16.4. The third kappa shape index (κ3) is 3.03. The number of aromatic nitrogens is 2. The van der Waals surface area contributed by atoms with Crippen molar-refractivity contribution in [1.29, 1.82) is 0 Å². The van der Waals surface area contributed by atoms with Crippen LogP contribution >= 0.6 is 0 Å². The van der Waals surface area contributed by atoms with Crippen LogP contribution < -0.4 is 0 Å². The number of hydrogen-bond acceptors (Lipinski definition) is 5. The maximum absolute atomic E-state index is 12.1. The predicted octanol–water partition coefficient (Wildman–Crippen LogP) is 3.39. The Morgan fingerprint density at radius 3 is 2.57 bits per heavy atom. The first kappa shape index (κ1) is 14.7. The van der Waals surface area contributed by atoms with E-state index in [4.69, 9.17) is 4.74 Å². The van der Waals surface area contributed by atoms with Gasteiger partial charge in [-0.1, -0.05) is 12.1 Å². The van der Waals surface area contributed by atoms with Crippen molar-refractivity contribution in [3.63, 3.8) is 0 Å². The van der Waals surface area contributed by atoms with Crippen LogP contribution in [-0.2, 0) is 4.74 Å². The van der Waals surface area contributed by atoms with Crippen LogP contribution in [0.15, 0.2) is 48.5 Å². The number of carbonyl (C=O) groups excluding carboxylic acids is 1. The quantitative estimate of drug-likeness (QED) is 0.452. The summed E-state index contributed by atoms with van der Waals surface area (Å²) >= 11 is 0. The molecule has 1 heterocycles. The summed E-state index contributed by atoms with van der Waals surface area (Å²) in [5.74, 6) is -0.0192. The van der Waals surface area contributed by atoms with Gasteiger partial charge in [0.15, 0.2) is 6.10 Å². The number of H-pyrrole nitrogens is 1. The van der Waals surface area contributed by atoms with E-state index in [1.54, 1.807) is 6.92 Å². The molecule has 0 saturated carbocycles. The number of hydrogen-bond donors (Lipinski definition) is 1. The molecular formula is C16H13N3O4. The van der Waals surface area contributed by atoms with Crippen molar-refractivity contribution in [2.24, 2.45) is 0 Å². The molecule has 1 unspecified atom stereocenters. The minimum atomic E-state index is -0.565. The van der Waals surface area contributed by atoms with Crippen LogP contribution in [0.2, 0.25) is 0 Å². The average Bonchev–Trinajstić information content (AvgIpc) is 2.99. The summed E-state index contributed by atoms with van der Waals surface area (Å²) in [6.07, 6.45) is -0.565. The van der Waals surface area contributed by atoms with Crippen molar-refractivity contribution in [2.45, 2.75) is 13.0 Å². The van der Waals surface area contributed by atoms with E-state index in [-0.39, 0.29) is 11.3 Å². The molecular weight excluding hydrogens is 298 g/mol. The maximum atomic E-state index is 12.1. The third-order valence-electron chi connectivity index (χ3n) is 3.39. The number of nitrogens with one attached hydrogen (secondary N) is 1. The fourth-order valence-corrected chi connectivity index (χ4v) is 2.17. The average molecular weight is 311 g/mol. The van der Waals surface area contributed by atoms with Crippen LogP contribution in [0.3, 0.4) is 0 Å². The molecule has 0 spiro atoms. The normalized spacial score (nSPS) is 12.0. The molecule has 0 aliphatic rings. The predicted molar refractivity (Wildman–Crippen MR) is 83.0 cm³/mol. The van der Waals surface area contributed by atoms with Crippen molar-refractivity contribution in [3.05, 3.63) is 70.0 Å². The van der Waals surface area contributed by atoms with Gasteiger partial charge in [-0.15, -0.1) is 0 Å². The highest BCUT2D eigenvalue weighted by Crippen LogP contribution is 2.20. The summed E-state index contributed by atoms with van der Waals surface area (Å²) in [5, 5.41) is 10.6. The molecule has 23 heavy (non-hydrogen) atoms. The lowest BCUT2D eigenvalue weighted by Gasteiger charge is -2.10. The van der Waals surface area contributed by atoms with E-state index in [1.165, 1.54) is 24.3 Å². The number of para-hydroxylation sites is 2. The maximum Gasteiger partial charge on any atom is 0.338 e. The number of esters is 1. The lowest BCUT2D eigenvalue weighted by Crippen LogP contribution is -2.10. The van der Waals surface area contributed by atoms with Crippen molar-refractivity contribution >= 4 is 22.7 Å². The van der Waals surface area contributed by atoms with E-state index < -0.39 is 17.0 Å². The molecule has 0 amide bonds. The number of benzene rings is 2. The Morgan fingerprint density at radius 2 is 1.91 bits per heavy atom. The minimum Gasteiger partial charge on any atom is -0.451 e. The number of rotatable bonds is 4. The molecule has 116 valence electrons. The molecule has 7 heteroatoms. The fraction of sp³-hybridized carbons (Fsp3) is 0.125. The monoisotopic (exact) mass is 311 g/mol. The zero-order valence-electron chi connectivity index (χ0n) is 12.2. The van der Waals surface area contributed by atoms with E-state index in [2.05, 4.69) is 9.97 Å². The Balaban J connectivity index is 1.74. The van der Waals surface area contributed by atoms with Gasteiger partial charge in [0.1, 0.15) is 5.82 Å². The molecule has 1 N–H and O–H groups in total. The van der Waals surface area contributed by atoms with E-state index in [1.807, 2.05) is 24.3 Å². The number of aromatic amines is 1. The highest BCUT2D eigenvalue weighted by molar-refractivity contribution is 5.89. The molecule has 0 radical (unpaired) electrons. The molecule has 0 aliphatic carbocycles. The summed E-state index contributed by atoms with van der Waals surface area (Å²) in [7, 11) is 0. The lowest BCUT2D eigenvalue weighted by molar-refractivity contribution is -0.384. The fourth-order valence-electron chi connectivity index (χ4n) is 2.17. The number of nitrogens with zero attached hydrogens (tertiary/aromatic N) is 2. The van der Waals surface area contributed by atoms with Gasteiger partial charge < -0.3 is 9.72 Å². The summed E-state index contributed by atoms with van der Waals surface area (Å²) in [5.41, 5.74) is 1.83. The van der Waals surface area contributed by atoms with Gasteiger partial charge in [-0.05, 0) is 31.2 Å². The first-order valence-corrected chi connectivity index (χ1v) is 6.94. The SMILES string of the molecule is CC(OC(=O)c1ccc([N+](=O)[O-])cc1)c1nc2ccccc2[nH]1. The van der Waals surface area contributed by atoms with Crippen molar-refractivity contribution < 1.29 is 14.5 Å². The second-order valence-electron chi connectivity index (χ2n) is 4.99. The summed E-state index contributed by atoms with van der Waals surface area (Å²) in [6.45, 7) is 1.71. The Morgan fingerprint density at radius 1 is 1.22 bits per heavy atom. The second-order valence-corrected chi connectivity index (χ2v) is 4.99. The molecule has 1 aromatic heterocycles. The van der Waals surface area contributed by atoms with Crippen LogP contribution in [0, 0.1) is 10.1 Å². The number of fused-ring (bicyclic) bond motifs is 1. The Labute approximate surface area is 131 Å². The summed E-state index contributed by atoms with van der Waals surface area (Å²) in [4.78, 5) is 29.6. The van der Waals surface area contributed by atoms with Crippen molar-refractivity contribution in [1.82, 2.24) is 9.97 Å². The van der Waals surface area contributed by atoms with Crippen LogP contribution in [0.1, 0.15) is 29.2 Å². The second kappa shape index (κ2) is 5.88. The van der Waals surface area contributed by atoms with Gasteiger partial charge in [0, 0.05) is 12.1 Å². The molecule has 7 nitrogen and oxygen atoms in total. The topological polar surface area (TPSA) is 98.1 Å². The number of carbonyl (C=O) groups is 1. The molecule has 3 aromatic rings. The smallest absolute Gasteiger partial charge is 0.338 e. The third-order valence-corrected chi connectivity index (χ3v) is 3.39. The molecule has 0 saturated heterocycles. The number of non-ortho nitro benzene ring substituents is 1. The van der Waals surface area contributed by atoms with Gasteiger partial charge in [0.25, 0.3) is 5.69 Å². The molecule has 1 atom stereocenters. The van der Waals surface area contributed by atoms with Crippen LogP contribution in [0.25, 0.3) is 11.0 Å². The number of imidazole rings is 1. The standard InChI is InChI=1S/C16H13N3O4/c1-10(15-17-13-4-2-3-5-14(13)18-15)23-16(20)11-6-8-12(9-7-11)19(21)22/h2-10H,1H3,(H,17,18). The van der Waals surface area contributed by atoms with E-state index in [9.17, 15) is 14.9 Å². The number of nitro benzene ring substituents is 1. The molecule has 3 rings (SSSR count). The highest BCUT2D eigenvalue weighted by atomic mass is 16.6. The van der Waals surface area contributed by atoms with Gasteiger partial charge in [-0.25, -0.2) is 9.78 Å². The molecule has 0 bridgehead atoms. The van der Waals surface area contributed by atoms with Gasteiger partial charge >= 0.3 is 5.97 Å². The zero-order valence-corrected chi connectivity index (χ0v) is 12.2. The van der Waals surface area contributed by atoms with E-state index >= 15 is 0 Å². The molecule has 2 aromatic carbocycles. The van der Waals surface area contributed by atoms with Gasteiger partial charge in [-0.2, -0.15) is 0 Å². The van der Waals surface area contributed by atoms with Crippen LogP contribution in [0.5, 0.6) is 0 Å². The Hall–Kier alpha value is -3.22. The first-order valence-electron chi connectivity index (χ1n) is 6.94. The van der Waals surface area contributed by atoms with Crippen molar-refractivity contribution in [2.75, 3.05) is 0 Å². The Kier molecular flexibility index (Phi) is 3.76. The van der Waals surface area contributed by atoms with Gasteiger partial charge in [-0.3, -0.25) is 10.1 Å². The van der Waals surface area contributed by atoms with Crippen LogP contribution in [-0.4, -0.2) is 20.9 Å². The Bertz CT molecular complexity index is 837. The highest BCUT2D eigenvalue weighted by Gasteiger charge is 2.17. The van der Waals surface area contributed by atoms with E-state index in [0.29, 0.717) is 5.82 Å². The lowest BCUT2D eigenvalue weighted by atomic mass is 10.2. The molecule has 0 fully saturated rings. The largest absolute Gasteiger partial charge is 0.451 e. The number of nitro groups is 1. The van der Waals surface area contributed by atoms with Gasteiger partial charge in [0.05, 0.1) is 21.5 Å². The summed E-state index contributed by atoms with van der Waals surface area (Å²) in [6, 6.07) is 12.8. The van der Waals surface area contributed by atoms with Gasteiger partial charge in [0.2, 0.25) is 0 Å². The minimum absolute atomic E-state index is 0.0770.